The van der Waals surface area contributed by atoms with Gasteiger partial charge in [0.05, 0.1) is 6.04 Å². The third kappa shape index (κ3) is 2.02. The average molecular weight is 149 g/mol. The van der Waals surface area contributed by atoms with E-state index in [1.54, 1.807) is 0 Å². The number of hydrogen-bond acceptors (Lipinski definition) is 1. The maximum Gasteiger partial charge on any atom is 0.102 e. The predicted molar refractivity (Wildman–Crippen MR) is 42.9 cm³/mol. The summed E-state index contributed by atoms with van der Waals surface area (Å²) in [7, 11) is 0. The molecule has 2 rings (SSSR count). The molecule has 1 aliphatic rings. The van der Waals surface area contributed by atoms with Gasteiger partial charge in [-0.1, -0.05) is 0 Å². The molecule has 0 bridgehead atoms. The van der Waals surface area contributed by atoms with E-state index in [1.165, 1.54) is 18.4 Å². The monoisotopic (exact) mass is 149 g/mol. The molecule has 0 amide bonds. The smallest absolute Gasteiger partial charge is 0.102 e. The molecule has 2 N–H and O–H groups in total. The van der Waals surface area contributed by atoms with Crippen LogP contribution in [0.5, 0.6) is 0 Å². The number of pyridine rings is 1. The number of aromatic nitrogens is 1. The van der Waals surface area contributed by atoms with E-state index in [1.807, 2.05) is 12.4 Å². The SMILES string of the molecule is c1cc(C[NH2+]C2CC2)ccn1. The molecule has 0 aliphatic heterocycles. The van der Waals surface area contributed by atoms with E-state index < -0.39 is 0 Å². The Hall–Kier alpha value is -0.890. The predicted octanol–water partition coefficient (Wildman–Crippen LogP) is 0.307. The van der Waals surface area contributed by atoms with Crippen molar-refractivity contribution >= 4 is 0 Å². The molecule has 0 unspecified atom stereocenters. The van der Waals surface area contributed by atoms with Gasteiger partial charge in [-0.15, -0.1) is 0 Å². The summed E-state index contributed by atoms with van der Waals surface area (Å²) in [4.78, 5) is 3.97. The van der Waals surface area contributed by atoms with Crippen LogP contribution >= 0.6 is 0 Å². The Morgan fingerprint density at radius 2 is 2.09 bits per heavy atom. The largest absolute Gasteiger partial charge is 0.340 e. The second-order valence-electron chi connectivity index (χ2n) is 3.13. The normalized spacial score (nSPS) is 16.7. The highest BCUT2D eigenvalue weighted by Crippen LogP contribution is 2.13. The van der Waals surface area contributed by atoms with Crippen molar-refractivity contribution in [2.45, 2.75) is 25.4 Å². The van der Waals surface area contributed by atoms with Crippen molar-refractivity contribution < 1.29 is 5.32 Å². The summed E-state index contributed by atoms with van der Waals surface area (Å²) in [6, 6.07) is 5.08. The Morgan fingerprint density at radius 1 is 1.36 bits per heavy atom. The van der Waals surface area contributed by atoms with Crippen LogP contribution in [0.15, 0.2) is 24.5 Å². The van der Waals surface area contributed by atoms with Crippen LogP contribution in [0.4, 0.5) is 0 Å². The molecule has 1 fully saturated rings. The highest BCUT2D eigenvalue weighted by molar-refractivity contribution is 5.07. The summed E-state index contributed by atoms with van der Waals surface area (Å²) in [5.41, 5.74) is 1.38. The summed E-state index contributed by atoms with van der Waals surface area (Å²) in [5, 5.41) is 2.41. The van der Waals surface area contributed by atoms with E-state index in [0.29, 0.717) is 0 Å². The van der Waals surface area contributed by atoms with Crippen molar-refractivity contribution in [2.75, 3.05) is 0 Å². The summed E-state index contributed by atoms with van der Waals surface area (Å²) >= 11 is 0. The quantitative estimate of drug-likeness (QED) is 0.658. The fraction of sp³-hybridized carbons (Fsp3) is 0.444. The van der Waals surface area contributed by atoms with E-state index >= 15 is 0 Å². The summed E-state index contributed by atoms with van der Waals surface area (Å²) in [6.45, 7) is 1.12. The van der Waals surface area contributed by atoms with Gasteiger partial charge in [0.1, 0.15) is 6.54 Å². The van der Waals surface area contributed by atoms with Crippen LogP contribution in [0.2, 0.25) is 0 Å². The molecule has 0 atom stereocenters. The zero-order valence-electron chi connectivity index (χ0n) is 6.53. The molecule has 2 nitrogen and oxygen atoms in total. The van der Waals surface area contributed by atoms with E-state index in [9.17, 15) is 0 Å². The van der Waals surface area contributed by atoms with Crippen molar-refractivity contribution in [3.05, 3.63) is 30.1 Å². The van der Waals surface area contributed by atoms with Gasteiger partial charge in [-0.3, -0.25) is 4.98 Å². The number of hydrogen-bond donors (Lipinski definition) is 1. The minimum atomic E-state index is 0.920. The lowest BCUT2D eigenvalue weighted by molar-refractivity contribution is -0.683. The second kappa shape index (κ2) is 3.01. The topological polar surface area (TPSA) is 29.5 Å². The van der Waals surface area contributed by atoms with Gasteiger partial charge in [0, 0.05) is 30.8 Å². The first-order chi connectivity index (χ1) is 5.45. The van der Waals surface area contributed by atoms with Gasteiger partial charge in [0.25, 0.3) is 0 Å². The molecule has 58 valence electrons. The molecular formula is C9H13N2+. The highest BCUT2D eigenvalue weighted by Gasteiger charge is 2.24. The zero-order chi connectivity index (χ0) is 7.52. The van der Waals surface area contributed by atoms with E-state index in [-0.39, 0.29) is 0 Å². The fourth-order valence-corrected chi connectivity index (χ4v) is 1.15. The molecule has 1 aromatic heterocycles. The zero-order valence-corrected chi connectivity index (χ0v) is 6.53. The Kier molecular flexibility index (Phi) is 1.86. The maximum atomic E-state index is 3.97. The molecule has 11 heavy (non-hydrogen) atoms. The Labute approximate surface area is 66.7 Å². The van der Waals surface area contributed by atoms with Crippen molar-refractivity contribution in [1.29, 1.82) is 0 Å². The standard InChI is InChI=1S/C9H12N2/c1-2-9(1)11-7-8-3-5-10-6-4-8/h3-6,9,11H,1-2,7H2/p+1. The highest BCUT2D eigenvalue weighted by atomic mass is 14.9. The number of nitrogens with zero attached hydrogens (tertiary/aromatic N) is 1. The van der Waals surface area contributed by atoms with Crippen LogP contribution in [0, 0.1) is 0 Å². The van der Waals surface area contributed by atoms with Crippen LogP contribution in [0.3, 0.4) is 0 Å². The first-order valence-corrected chi connectivity index (χ1v) is 4.17. The lowest BCUT2D eigenvalue weighted by atomic mass is 10.3. The maximum absolute atomic E-state index is 3.97. The molecule has 1 heterocycles. The molecule has 1 saturated carbocycles. The van der Waals surface area contributed by atoms with Crippen LogP contribution in [-0.4, -0.2) is 11.0 Å². The minimum Gasteiger partial charge on any atom is -0.340 e. The van der Waals surface area contributed by atoms with Gasteiger partial charge >= 0.3 is 0 Å². The van der Waals surface area contributed by atoms with Gasteiger partial charge < -0.3 is 5.32 Å². The minimum absolute atomic E-state index is 0.920. The molecule has 1 aromatic rings. The summed E-state index contributed by atoms with van der Waals surface area (Å²) < 4.78 is 0. The number of nitrogens with two attached hydrogens (primary N) is 1. The molecule has 2 heteroatoms. The third-order valence-corrected chi connectivity index (χ3v) is 2.06. The fourth-order valence-electron chi connectivity index (χ4n) is 1.15. The van der Waals surface area contributed by atoms with Crippen molar-refractivity contribution in [3.8, 4) is 0 Å². The summed E-state index contributed by atoms with van der Waals surface area (Å²) in [6.07, 6.45) is 6.53. The van der Waals surface area contributed by atoms with Crippen LogP contribution in [0.25, 0.3) is 0 Å². The molecule has 0 aromatic carbocycles. The Morgan fingerprint density at radius 3 is 2.73 bits per heavy atom. The van der Waals surface area contributed by atoms with Crippen molar-refractivity contribution in [1.82, 2.24) is 4.98 Å². The summed E-state index contributed by atoms with van der Waals surface area (Å²) in [5.74, 6) is 0. The van der Waals surface area contributed by atoms with Gasteiger partial charge in [0.2, 0.25) is 0 Å². The van der Waals surface area contributed by atoms with E-state index in [2.05, 4.69) is 22.4 Å². The first-order valence-electron chi connectivity index (χ1n) is 4.17. The third-order valence-electron chi connectivity index (χ3n) is 2.06. The van der Waals surface area contributed by atoms with Crippen LogP contribution < -0.4 is 5.32 Å². The van der Waals surface area contributed by atoms with E-state index in [4.69, 9.17) is 0 Å². The molecular weight excluding hydrogens is 136 g/mol. The van der Waals surface area contributed by atoms with E-state index in [0.717, 1.165) is 12.6 Å². The first kappa shape index (κ1) is 6.80. The lowest BCUT2D eigenvalue weighted by Crippen LogP contribution is -2.84. The Bertz CT molecular complexity index is 216. The second-order valence-corrected chi connectivity index (χ2v) is 3.13. The van der Waals surface area contributed by atoms with Crippen molar-refractivity contribution in [2.24, 2.45) is 0 Å². The van der Waals surface area contributed by atoms with Crippen LogP contribution in [-0.2, 0) is 6.54 Å². The van der Waals surface area contributed by atoms with Gasteiger partial charge in [-0.2, -0.15) is 0 Å². The number of quaternary nitrogens is 1. The lowest BCUT2D eigenvalue weighted by Gasteiger charge is -1.97. The molecule has 1 aliphatic carbocycles. The average Bonchev–Trinajstić information content (AvgIpc) is 2.86. The number of rotatable bonds is 3. The Balaban J connectivity index is 1.85. The van der Waals surface area contributed by atoms with Gasteiger partial charge in [-0.05, 0) is 12.1 Å². The molecule has 0 radical (unpaired) electrons. The van der Waals surface area contributed by atoms with Gasteiger partial charge in [-0.25, -0.2) is 0 Å². The van der Waals surface area contributed by atoms with Crippen LogP contribution in [0.1, 0.15) is 18.4 Å². The molecule has 0 spiro atoms. The molecule has 0 saturated heterocycles. The van der Waals surface area contributed by atoms with Crippen molar-refractivity contribution in [3.63, 3.8) is 0 Å². The van der Waals surface area contributed by atoms with Gasteiger partial charge in [0.15, 0.2) is 0 Å².